The van der Waals surface area contributed by atoms with Gasteiger partial charge in [-0.05, 0) is 12.0 Å². The number of nitrogens with one attached hydrogen (secondary N) is 1. The van der Waals surface area contributed by atoms with Gasteiger partial charge in [0.1, 0.15) is 6.61 Å². The van der Waals surface area contributed by atoms with Crippen molar-refractivity contribution in [3.8, 4) is 0 Å². The molecule has 0 fully saturated rings. The van der Waals surface area contributed by atoms with Crippen LogP contribution in [0.1, 0.15) is 24.3 Å². The highest BCUT2D eigenvalue weighted by atomic mass is 16.5. The summed E-state index contributed by atoms with van der Waals surface area (Å²) in [7, 11) is 0. The second-order valence-electron chi connectivity index (χ2n) is 5.98. The molecule has 0 atom stereocenters. The minimum absolute atomic E-state index is 0.0710. The average Bonchev–Trinajstić information content (AvgIpc) is 2.56. The number of aliphatic carboxylic acids is 1. The second-order valence-corrected chi connectivity index (χ2v) is 5.98. The van der Waals surface area contributed by atoms with Crippen LogP contribution in [-0.2, 0) is 16.1 Å². The molecule has 2 rings (SSSR count). The molecule has 2 aromatic rings. The fourth-order valence-corrected chi connectivity index (χ4v) is 2.35. The summed E-state index contributed by atoms with van der Waals surface area (Å²) in [5, 5.41) is 16.3. The van der Waals surface area contributed by atoms with Crippen molar-refractivity contribution in [1.82, 2.24) is 15.1 Å². The molecule has 1 heterocycles. The number of aromatic nitrogens is 2. The van der Waals surface area contributed by atoms with Gasteiger partial charge < -0.3 is 15.2 Å². The van der Waals surface area contributed by atoms with Gasteiger partial charge in [-0.25, -0.2) is 9.48 Å². The van der Waals surface area contributed by atoms with Crippen LogP contribution in [0.15, 0.2) is 29.1 Å². The summed E-state index contributed by atoms with van der Waals surface area (Å²) in [6.45, 7) is 4.13. The van der Waals surface area contributed by atoms with Crippen molar-refractivity contribution in [2.75, 3.05) is 19.8 Å². The number of fused-ring (bicyclic) bond motifs is 1. The third-order valence-electron chi connectivity index (χ3n) is 3.38. The van der Waals surface area contributed by atoms with E-state index in [1.54, 1.807) is 24.3 Å². The molecule has 134 valence electrons. The van der Waals surface area contributed by atoms with Gasteiger partial charge >= 0.3 is 5.97 Å². The molecule has 0 unspecified atom stereocenters. The SMILES string of the molecule is CC(C)Cn1nc(C(=O)NCCOCC(=O)O)c2ccccc2c1=O. The molecular formula is C17H21N3O5. The molecule has 8 nitrogen and oxygen atoms in total. The number of carboxylic acids is 1. The largest absolute Gasteiger partial charge is 0.480 e. The van der Waals surface area contributed by atoms with Crippen LogP contribution in [0.3, 0.4) is 0 Å². The van der Waals surface area contributed by atoms with Crippen LogP contribution in [0.25, 0.3) is 10.8 Å². The van der Waals surface area contributed by atoms with Crippen LogP contribution in [0.5, 0.6) is 0 Å². The molecule has 0 saturated heterocycles. The normalized spacial score (nSPS) is 11.0. The molecule has 0 aliphatic rings. The molecule has 2 N–H and O–H groups in total. The van der Waals surface area contributed by atoms with Gasteiger partial charge in [0, 0.05) is 18.5 Å². The first-order valence-corrected chi connectivity index (χ1v) is 7.97. The lowest BCUT2D eigenvalue weighted by Gasteiger charge is -2.12. The maximum Gasteiger partial charge on any atom is 0.329 e. The van der Waals surface area contributed by atoms with Crippen molar-refractivity contribution in [2.45, 2.75) is 20.4 Å². The van der Waals surface area contributed by atoms with Gasteiger partial charge in [0.2, 0.25) is 0 Å². The molecule has 1 aromatic heterocycles. The lowest BCUT2D eigenvalue weighted by molar-refractivity contribution is -0.142. The molecule has 0 aliphatic heterocycles. The van der Waals surface area contributed by atoms with E-state index in [2.05, 4.69) is 10.4 Å². The minimum atomic E-state index is -1.07. The predicted molar refractivity (Wildman–Crippen MR) is 91.6 cm³/mol. The van der Waals surface area contributed by atoms with Crippen LogP contribution in [0, 0.1) is 5.92 Å². The summed E-state index contributed by atoms with van der Waals surface area (Å²) in [4.78, 5) is 35.3. The van der Waals surface area contributed by atoms with Crippen LogP contribution in [0.4, 0.5) is 0 Å². The van der Waals surface area contributed by atoms with Crippen molar-refractivity contribution in [3.05, 3.63) is 40.3 Å². The summed E-state index contributed by atoms with van der Waals surface area (Å²) in [6.07, 6.45) is 0. The van der Waals surface area contributed by atoms with E-state index in [-0.39, 0.29) is 30.3 Å². The Morgan fingerprint density at radius 1 is 1.28 bits per heavy atom. The summed E-state index contributed by atoms with van der Waals surface area (Å²) in [5.41, 5.74) is -0.0697. The van der Waals surface area contributed by atoms with Crippen molar-refractivity contribution in [1.29, 1.82) is 0 Å². The Bertz CT molecular complexity index is 829. The number of carbonyl (C=O) groups is 2. The number of nitrogens with zero attached hydrogens (tertiary/aromatic N) is 2. The Labute approximate surface area is 144 Å². The smallest absolute Gasteiger partial charge is 0.329 e. The van der Waals surface area contributed by atoms with Crippen LogP contribution in [0.2, 0.25) is 0 Å². The van der Waals surface area contributed by atoms with Gasteiger partial charge in [-0.3, -0.25) is 9.59 Å². The van der Waals surface area contributed by atoms with E-state index in [4.69, 9.17) is 9.84 Å². The van der Waals surface area contributed by atoms with Crippen LogP contribution in [-0.4, -0.2) is 46.5 Å². The Hall–Kier alpha value is -2.74. The van der Waals surface area contributed by atoms with Crippen molar-refractivity contribution >= 4 is 22.6 Å². The molecule has 0 saturated carbocycles. The van der Waals surface area contributed by atoms with E-state index in [9.17, 15) is 14.4 Å². The summed E-state index contributed by atoms with van der Waals surface area (Å²) < 4.78 is 6.18. The zero-order valence-corrected chi connectivity index (χ0v) is 14.2. The minimum Gasteiger partial charge on any atom is -0.480 e. The summed E-state index contributed by atoms with van der Waals surface area (Å²) >= 11 is 0. The topological polar surface area (TPSA) is 111 Å². The molecule has 0 aliphatic carbocycles. The van der Waals surface area contributed by atoms with E-state index in [1.165, 1.54) is 4.68 Å². The lowest BCUT2D eigenvalue weighted by Crippen LogP contribution is -2.33. The number of benzene rings is 1. The quantitative estimate of drug-likeness (QED) is 0.686. The maximum atomic E-state index is 12.5. The highest BCUT2D eigenvalue weighted by Gasteiger charge is 2.16. The monoisotopic (exact) mass is 347 g/mol. The molecule has 1 amide bonds. The summed E-state index contributed by atoms with van der Waals surface area (Å²) in [5.74, 6) is -1.31. The molecular weight excluding hydrogens is 326 g/mol. The zero-order valence-electron chi connectivity index (χ0n) is 14.2. The first-order valence-electron chi connectivity index (χ1n) is 7.97. The molecule has 0 bridgehead atoms. The fourth-order valence-electron chi connectivity index (χ4n) is 2.35. The number of amides is 1. The standard InChI is InChI=1S/C17H21N3O5/c1-11(2)9-20-17(24)13-6-4-3-5-12(13)15(19-20)16(23)18-7-8-25-10-14(21)22/h3-6,11H,7-10H2,1-2H3,(H,18,23)(H,21,22). The first-order chi connectivity index (χ1) is 11.9. The number of hydrogen-bond acceptors (Lipinski definition) is 5. The molecule has 25 heavy (non-hydrogen) atoms. The van der Waals surface area contributed by atoms with Crippen LogP contribution >= 0.6 is 0 Å². The Morgan fingerprint density at radius 3 is 2.60 bits per heavy atom. The van der Waals surface area contributed by atoms with Gasteiger partial charge in [-0.1, -0.05) is 32.0 Å². The predicted octanol–water partition coefficient (Wildman–Crippen LogP) is 0.883. The van der Waals surface area contributed by atoms with Gasteiger partial charge in [0.25, 0.3) is 11.5 Å². The highest BCUT2D eigenvalue weighted by Crippen LogP contribution is 2.13. The van der Waals surface area contributed by atoms with E-state index in [0.717, 1.165) is 0 Å². The third-order valence-corrected chi connectivity index (χ3v) is 3.38. The Kier molecular flexibility index (Phi) is 6.24. The average molecular weight is 347 g/mol. The van der Waals surface area contributed by atoms with E-state index >= 15 is 0 Å². The molecule has 8 heteroatoms. The van der Waals surface area contributed by atoms with Crippen molar-refractivity contribution in [2.24, 2.45) is 5.92 Å². The molecule has 0 spiro atoms. The number of carboxylic acid groups (broad SMARTS) is 1. The molecule has 0 radical (unpaired) electrons. The number of rotatable bonds is 8. The summed E-state index contributed by atoms with van der Waals surface area (Å²) in [6, 6.07) is 6.83. The zero-order chi connectivity index (χ0) is 18.4. The van der Waals surface area contributed by atoms with E-state index < -0.39 is 18.5 Å². The Balaban J connectivity index is 2.23. The first kappa shape index (κ1) is 18.6. The van der Waals surface area contributed by atoms with Gasteiger partial charge in [0.05, 0.1) is 12.0 Å². The highest BCUT2D eigenvalue weighted by molar-refractivity contribution is 6.04. The van der Waals surface area contributed by atoms with E-state index in [1.807, 2.05) is 13.8 Å². The second kappa shape index (κ2) is 8.39. The van der Waals surface area contributed by atoms with E-state index in [0.29, 0.717) is 17.3 Å². The van der Waals surface area contributed by atoms with Gasteiger partial charge in [-0.15, -0.1) is 0 Å². The van der Waals surface area contributed by atoms with Crippen molar-refractivity contribution in [3.63, 3.8) is 0 Å². The number of hydrogen-bond donors (Lipinski definition) is 2. The maximum absolute atomic E-state index is 12.5. The number of carbonyl (C=O) groups excluding carboxylic acids is 1. The number of ether oxygens (including phenoxy) is 1. The van der Waals surface area contributed by atoms with Gasteiger partial charge in [-0.2, -0.15) is 5.10 Å². The van der Waals surface area contributed by atoms with Crippen LogP contribution < -0.4 is 10.9 Å². The lowest BCUT2D eigenvalue weighted by atomic mass is 10.1. The molecule has 1 aromatic carbocycles. The third kappa shape index (κ3) is 4.87. The van der Waals surface area contributed by atoms with Gasteiger partial charge in [0.15, 0.2) is 5.69 Å². The fraction of sp³-hybridized carbons (Fsp3) is 0.412. The van der Waals surface area contributed by atoms with Crippen molar-refractivity contribution < 1.29 is 19.4 Å². The Morgan fingerprint density at radius 2 is 1.96 bits per heavy atom.